The average molecular weight is 383 g/mol. The van der Waals surface area contributed by atoms with Crippen LogP contribution in [0.5, 0.6) is 11.5 Å². The first-order chi connectivity index (χ1) is 11.3. The van der Waals surface area contributed by atoms with E-state index in [9.17, 15) is 0 Å². The van der Waals surface area contributed by atoms with Gasteiger partial charge in [-0.3, -0.25) is 0 Å². The summed E-state index contributed by atoms with van der Waals surface area (Å²) in [5.41, 5.74) is 2.24. The lowest BCUT2D eigenvalue weighted by atomic mass is 10.1. The van der Waals surface area contributed by atoms with E-state index in [0.717, 1.165) is 35.3 Å². The van der Waals surface area contributed by atoms with E-state index < -0.39 is 0 Å². The molecule has 2 heterocycles. The predicted octanol–water partition coefficient (Wildman–Crippen LogP) is 4.97. The Labute approximate surface area is 155 Å². The Balaban J connectivity index is 0.00000208. The molecule has 2 aromatic heterocycles. The standard InChI is InChI=1S/C17H18N2O2S2.ClH/c1-20-14-6-5-12(10-15(14)21-2)7-8-18-17-19-13(11-23-17)16-4-3-9-22-16;/h3-6,9-11H,7-8H2,1-2H3,(H,18,19);1H. The second-order valence-corrected chi connectivity index (χ2v) is 6.69. The quantitative estimate of drug-likeness (QED) is 0.626. The van der Waals surface area contributed by atoms with E-state index >= 15 is 0 Å². The first-order valence-electron chi connectivity index (χ1n) is 7.24. The Morgan fingerprint density at radius 3 is 2.62 bits per heavy atom. The second-order valence-electron chi connectivity index (χ2n) is 4.88. The topological polar surface area (TPSA) is 43.4 Å². The molecule has 0 aliphatic carbocycles. The molecule has 0 radical (unpaired) electrons. The number of hydrogen-bond donors (Lipinski definition) is 1. The van der Waals surface area contributed by atoms with Crippen LogP contribution in [0.1, 0.15) is 5.56 Å². The van der Waals surface area contributed by atoms with E-state index in [4.69, 9.17) is 9.47 Å². The van der Waals surface area contributed by atoms with Crippen LogP contribution in [0.2, 0.25) is 0 Å². The minimum atomic E-state index is 0. The van der Waals surface area contributed by atoms with Crippen molar-refractivity contribution >= 4 is 40.2 Å². The number of rotatable bonds is 7. The third-order valence-corrected chi connectivity index (χ3v) is 5.11. The Hall–Kier alpha value is -1.76. The molecule has 0 saturated carbocycles. The van der Waals surface area contributed by atoms with Crippen molar-refractivity contribution in [2.24, 2.45) is 0 Å². The fraction of sp³-hybridized carbons (Fsp3) is 0.235. The van der Waals surface area contributed by atoms with Crippen molar-refractivity contribution in [1.29, 1.82) is 0 Å². The molecule has 3 rings (SSSR count). The SMILES string of the molecule is COc1ccc(CCNc2nc(-c3cccs3)cs2)cc1OC.Cl. The molecule has 4 nitrogen and oxygen atoms in total. The van der Waals surface area contributed by atoms with E-state index in [-0.39, 0.29) is 12.4 Å². The molecular formula is C17H19ClN2O2S2. The van der Waals surface area contributed by atoms with E-state index in [2.05, 4.69) is 33.2 Å². The van der Waals surface area contributed by atoms with E-state index in [1.807, 2.05) is 18.2 Å². The normalized spacial score (nSPS) is 10.1. The molecule has 1 N–H and O–H groups in total. The molecule has 0 amide bonds. The van der Waals surface area contributed by atoms with E-state index in [0.29, 0.717) is 0 Å². The largest absolute Gasteiger partial charge is 0.493 e. The molecule has 3 aromatic rings. The van der Waals surface area contributed by atoms with Gasteiger partial charge in [-0.1, -0.05) is 12.1 Å². The van der Waals surface area contributed by atoms with Crippen molar-refractivity contribution in [2.45, 2.75) is 6.42 Å². The van der Waals surface area contributed by atoms with E-state index in [1.54, 1.807) is 36.9 Å². The van der Waals surface area contributed by atoms with Gasteiger partial charge in [0.15, 0.2) is 16.6 Å². The van der Waals surface area contributed by atoms with Crippen molar-refractivity contribution in [1.82, 2.24) is 4.98 Å². The van der Waals surface area contributed by atoms with Gasteiger partial charge in [-0.15, -0.1) is 35.1 Å². The Morgan fingerprint density at radius 1 is 1.08 bits per heavy atom. The Morgan fingerprint density at radius 2 is 1.92 bits per heavy atom. The number of nitrogens with zero attached hydrogens (tertiary/aromatic N) is 1. The molecule has 0 spiro atoms. The van der Waals surface area contributed by atoms with Crippen molar-refractivity contribution < 1.29 is 9.47 Å². The van der Waals surface area contributed by atoms with Gasteiger partial charge in [0.05, 0.1) is 24.8 Å². The summed E-state index contributed by atoms with van der Waals surface area (Å²) in [4.78, 5) is 5.82. The van der Waals surface area contributed by atoms with Gasteiger partial charge >= 0.3 is 0 Å². The fourth-order valence-electron chi connectivity index (χ4n) is 2.24. The van der Waals surface area contributed by atoms with Crippen LogP contribution in [0.4, 0.5) is 5.13 Å². The number of nitrogens with one attached hydrogen (secondary N) is 1. The number of aromatic nitrogens is 1. The van der Waals surface area contributed by atoms with Crippen LogP contribution in [0.3, 0.4) is 0 Å². The summed E-state index contributed by atoms with van der Waals surface area (Å²) in [5, 5.41) is 8.49. The summed E-state index contributed by atoms with van der Waals surface area (Å²) in [6, 6.07) is 10.1. The minimum Gasteiger partial charge on any atom is -0.493 e. The highest BCUT2D eigenvalue weighted by atomic mass is 35.5. The van der Waals surface area contributed by atoms with Gasteiger partial charge in [0, 0.05) is 11.9 Å². The van der Waals surface area contributed by atoms with Gasteiger partial charge in [-0.25, -0.2) is 4.98 Å². The number of benzene rings is 1. The Bertz CT molecular complexity index is 760. The maximum Gasteiger partial charge on any atom is 0.183 e. The average Bonchev–Trinajstić information content (AvgIpc) is 3.26. The number of hydrogen-bond acceptors (Lipinski definition) is 6. The maximum absolute atomic E-state index is 5.33. The van der Waals surface area contributed by atoms with Crippen LogP contribution in [0.25, 0.3) is 10.6 Å². The number of methoxy groups -OCH3 is 2. The molecule has 0 bridgehead atoms. The number of ether oxygens (including phenoxy) is 2. The third kappa shape index (κ3) is 4.41. The lowest BCUT2D eigenvalue weighted by molar-refractivity contribution is 0.354. The summed E-state index contributed by atoms with van der Waals surface area (Å²) in [6.45, 7) is 0.826. The molecule has 7 heteroatoms. The fourth-order valence-corrected chi connectivity index (χ4v) is 3.74. The van der Waals surface area contributed by atoms with Gasteiger partial charge in [0.25, 0.3) is 0 Å². The molecule has 0 fully saturated rings. The van der Waals surface area contributed by atoms with Crippen LogP contribution >= 0.6 is 35.1 Å². The van der Waals surface area contributed by atoms with Crippen LogP contribution in [0, 0.1) is 0 Å². The molecule has 128 valence electrons. The zero-order chi connectivity index (χ0) is 16.1. The number of thiophene rings is 1. The zero-order valence-corrected chi connectivity index (χ0v) is 15.9. The van der Waals surface area contributed by atoms with E-state index in [1.165, 1.54) is 10.4 Å². The third-order valence-electron chi connectivity index (χ3n) is 3.42. The summed E-state index contributed by atoms with van der Waals surface area (Å²) in [5.74, 6) is 1.52. The van der Waals surface area contributed by atoms with Crippen LogP contribution in [-0.4, -0.2) is 25.7 Å². The van der Waals surface area contributed by atoms with Gasteiger partial charge < -0.3 is 14.8 Å². The summed E-state index contributed by atoms with van der Waals surface area (Å²) < 4.78 is 10.6. The number of halogens is 1. The predicted molar refractivity (Wildman–Crippen MR) is 104 cm³/mol. The van der Waals surface area contributed by atoms with Crippen molar-refractivity contribution in [3.05, 3.63) is 46.7 Å². The van der Waals surface area contributed by atoms with Crippen LogP contribution in [0.15, 0.2) is 41.1 Å². The summed E-state index contributed by atoms with van der Waals surface area (Å²) in [6.07, 6.45) is 0.897. The summed E-state index contributed by atoms with van der Waals surface area (Å²) in [7, 11) is 3.30. The highest BCUT2D eigenvalue weighted by Crippen LogP contribution is 2.29. The number of anilines is 1. The van der Waals surface area contributed by atoms with Gasteiger partial charge in [-0.2, -0.15) is 0 Å². The summed E-state index contributed by atoms with van der Waals surface area (Å²) >= 11 is 3.34. The highest BCUT2D eigenvalue weighted by Gasteiger charge is 2.06. The van der Waals surface area contributed by atoms with Gasteiger partial charge in [0.2, 0.25) is 0 Å². The molecule has 0 unspecified atom stereocenters. The first kappa shape index (κ1) is 18.6. The molecule has 0 aliphatic rings. The lowest BCUT2D eigenvalue weighted by Gasteiger charge is -2.09. The zero-order valence-electron chi connectivity index (χ0n) is 13.4. The lowest BCUT2D eigenvalue weighted by Crippen LogP contribution is -2.04. The maximum atomic E-state index is 5.33. The smallest absolute Gasteiger partial charge is 0.183 e. The molecule has 24 heavy (non-hydrogen) atoms. The molecular weight excluding hydrogens is 364 g/mol. The molecule has 0 saturated heterocycles. The Kier molecular flexibility index (Phi) is 6.90. The molecule has 0 aliphatic heterocycles. The monoisotopic (exact) mass is 382 g/mol. The molecule has 0 atom stereocenters. The van der Waals surface area contributed by atoms with Crippen LogP contribution < -0.4 is 14.8 Å². The minimum absolute atomic E-state index is 0. The van der Waals surface area contributed by atoms with Crippen LogP contribution in [-0.2, 0) is 6.42 Å². The second kappa shape index (κ2) is 8.92. The van der Waals surface area contributed by atoms with Gasteiger partial charge in [-0.05, 0) is 35.6 Å². The number of thiazole rings is 1. The highest BCUT2D eigenvalue weighted by molar-refractivity contribution is 7.15. The molecule has 1 aromatic carbocycles. The van der Waals surface area contributed by atoms with Gasteiger partial charge in [0.1, 0.15) is 0 Å². The van der Waals surface area contributed by atoms with Crippen molar-refractivity contribution in [3.63, 3.8) is 0 Å². The van der Waals surface area contributed by atoms with Crippen molar-refractivity contribution in [3.8, 4) is 22.1 Å². The van der Waals surface area contributed by atoms with Crippen molar-refractivity contribution in [2.75, 3.05) is 26.1 Å². The first-order valence-corrected chi connectivity index (χ1v) is 9.00.